The second-order valence-corrected chi connectivity index (χ2v) is 12.6. The lowest BCUT2D eigenvalue weighted by molar-refractivity contribution is -0.342. The van der Waals surface area contributed by atoms with Crippen LogP contribution in [0.1, 0.15) is 45.4 Å². The fourth-order valence-corrected chi connectivity index (χ4v) is 7.19. The topological polar surface area (TPSA) is 248 Å². The minimum Gasteiger partial charge on any atom is -0.394 e. The van der Waals surface area contributed by atoms with Crippen LogP contribution in [0.4, 0.5) is 0 Å². The maximum Gasteiger partial charge on any atom is 0.186 e. The van der Waals surface area contributed by atoms with Gasteiger partial charge < -0.3 is 74.7 Å². The van der Waals surface area contributed by atoms with Gasteiger partial charge in [0.15, 0.2) is 12.6 Å². The Balaban J connectivity index is 1.37. The van der Waals surface area contributed by atoms with Gasteiger partial charge in [-0.15, -0.1) is 0 Å². The molecule has 3 saturated heterocycles. The summed E-state index contributed by atoms with van der Waals surface area (Å²) in [5.41, 5.74) is 0. The molecule has 15 nitrogen and oxygen atoms in total. The van der Waals surface area contributed by atoms with E-state index < -0.39 is 117 Å². The highest BCUT2D eigenvalue weighted by Crippen LogP contribution is 2.45. The van der Waals surface area contributed by atoms with Gasteiger partial charge in [0, 0.05) is 12.3 Å². The van der Waals surface area contributed by atoms with Crippen molar-refractivity contribution in [2.45, 2.75) is 150 Å². The zero-order valence-electron chi connectivity index (χ0n) is 23.4. The molecule has 0 aromatic heterocycles. The van der Waals surface area contributed by atoms with E-state index in [4.69, 9.17) is 23.7 Å². The van der Waals surface area contributed by atoms with E-state index >= 15 is 0 Å². The largest absolute Gasteiger partial charge is 0.394 e. The van der Waals surface area contributed by atoms with Crippen LogP contribution in [0.15, 0.2) is 0 Å². The van der Waals surface area contributed by atoms with E-state index in [-0.39, 0.29) is 31.6 Å². The van der Waals surface area contributed by atoms with E-state index in [1.54, 1.807) is 0 Å². The highest BCUT2D eigenvalue weighted by molar-refractivity contribution is 5.00. The van der Waals surface area contributed by atoms with Crippen LogP contribution in [-0.2, 0) is 23.7 Å². The Morgan fingerprint density at radius 2 is 1.26 bits per heavy atom. The Morgan fingerprint density at radius 1 is 0.619 bits per heavy atom. The van der Waals surface area contributed by atoms with Crippen LogP contribution in [0.3, 0.4) is 0 Å². The van der Waals surface area contributed by atoms with Crippen molar-refractivity contribution in [3.8, 4) is 0 Å². The van der Waals surface area contributed by atoms with Crippen LogP contribution in [0, 0.1) is 11.8 Å². The lowest BCUT2D eigenvalue weighted by atomic mass is 9.72. The third-order valence-electron chi connectivity index (χ3n) is 9.73. The highest BCUT2D eigenvalue weighted by atomic mass is 16.7. The molecular weight excluding hydrogens is 564 g/mol. The lowest BCUT2D eigenvalue weighted by Gasteiger charge is -2.52. The zero-order chi connectivity index (χ0) is 30.5. The van der Waals surface area contributed by atoms with Gasteiger partial charge in [-0.2, -0.15) is 0 Å². The van der Waals surface area contributed by atoms with E-state index in [9.17, 15) is 51.1 Å². The van der Waals surface area contributed by atoms with E-state index in [0.717, 1.165) is 0 Å². The summed E-state index contributed by atoms with van der Waals surface area (Å²) in [6.07, 6.45) is -17.8. The number of fused-ring (bicyclic) bond motifs is 1. The van der Waals surface area contributed by atoms with Crippen molar-refractivity contribution in [3.63, 3.8) is 0 Å². The number of aliphatic hydroxyl groups excluding tert-OH is 10. The highest BCUT2D eigenvalue weighted by Gasteiger charge is 2.53. The molecule has 0 bridgehead atoms. The molecule has 42 heavy (non-hydrogen) atoms. The molecule has 2 aliphatic carbocycles. The normalized spacial score (nSPS) is 55.6. The minimum atomic E-state index is -1.64. The maximum absolute atomic E-state index is 10.7. The second-order valence-electron chi connectivity index (χ2n) is 12.6. The summed E-state index contributed by atoms with van der Waals surface area (Å²) in [5.74, 6) is -0.707. The predicted molar refractivity (Wildman–Crippen MR) is 137 cm³/mol. The van der Waals surface area contributed by atoms with Crippen molar-refractivity contribution in [2.24, 2.45) is 11.8 Å². The van der Waals surface area contributed by atoms with Gasteiger partial charge in [0.1, 0.15) is 42.7 Å². The molecule has 0 aromatic rings. The van der Waals surface area contributed by atoms with Gasteiger partial charge in [-0.05, 0) is 44.9 Å². The van der Waals surface area contributed by atoms with Gasteiger partial charge in [-0.25, -0.2) is 0 Å². The summed E-state index contributed by atoms with van der Waals surface area (Å²) in [6, 6.07) is 0. The number of aliphatic hydroxyl groups is 10. The van der Waals surface area contributed by atoms with Crippen molar-refractivity contribution in [1.29, 1.82) is 0 Å². The molecule has 10 N–H and O–H groups in total. The van der Waals surface area contributed by atoms with E-state index in [0.29, 0.717) is 12.8 Å². The average Bonchev–Trinajstić information content (AvgIpc) is 2.96. The summed E-state index contributed by atoms with van der Waals surface area (Å²) in [6.45, 7) is 0.905. The van der Waals surface area contributed by atoms with Crippen molar-refractivity contribution in [3.05, 3.63) is 0 Å². The predicted octanol–water partition coefficient (Wildman–Crippen LogP) is -4.17. The molecule has 19 atom stereocenters. The molecule has 244 valence electrons. The summed E-state index contributed by atoms with van der Waals surface area (Å²) >= 11 is 0. The molecule has 5 aliphatic rings. The van der Waals surface area contributed by atoms with Crippen LogP contribution in [0.5, 0.6) is 0 Å². The Hall–Kier alpha value is -0.600. The van der Waals surface area contributed by atoms with Gasteiger partial charge in [0.25, 0.3) is 0 Å². The Kier molecular flexibility index (Phi) is 10.5. The zero-order valence-corrected chi connectivity index (χ0v) is 23.4. The monoisotopic (exact) mass is 610 g/mol. The van der Waals surface area contributed by atoms with Gasteiger partial charge in [0.05, 0.1) is 55.4 Å². The molecule has 3 heterocycles. The summed E-state index contributed by atoms with van der Waals surface area (Å²) in [5, 5.41) is 103. The summed E-state index contributed by atoms with van der Waals surface area (Å²) in [7, 11) is 0. The molecule has 0 aromatic carbocycles. The molecule has 0 spiro atoms. The summed E-state index contributed by atoms with van der Waals surface area (Å²) < 4.78 is 30.1. The number of hydrogen-bond donors (Lipinski definition) is 10. The molecule has 0 radical (unpaired) electrons. The van der Waals surface area contributed by atoms with Crippen molar-refractivity contribution < 1.29 is 74.7 Å². The molecule has 3 aliphatic heterocycles. The first-order chi connectivity index (χ1) is 19.9. The third kappa shape index (κ3) is 6.52. The van der Waals surface area contributed by atoms with Gasteiger partial charge in [0.2, 0.25) is 0 Å². The maximum atomic E-state index is 10.7. The average molecular weight is 611 g/mol. The molecule has 5 rings (SSSR count). The smallest absolute Gasteiger partial charge is 0.186 e. The molecular formula is C27H46O15. The van der Waals surface area contributed by atoms with E-state index in [1.807, 2.05) is 0 Å². The van der Waals surface area contributed by atoms with Crippen LogP contribution in [-0.4, -0.2) is 162 Å². The Morgan fingerprint density at radius 3 is 1.93 bits per heavy atom. The van der Waals surface area contributed by atoms with Gasteiger partial charge in [-0.1, -0.05) is 0 Å². The SMILES string of the molecule is CC1OC(OC2CC3C(OC4OC(CO)C(O)C(O)C4O)CC(O)CC3OC2C2CCC(O)C(O)C2)C(O)C(O)C1O. The quantitative estimate of drug-likeness (QED) is 0.137. The summed E-state index contributed by atoms with van der Waals surface area (Å²) in [4.78, 5) is 0. The van der Waals surface area contributed by atoms with Crippen LogP contribution >= 0.6 is 0 Å². The standard InChI is InChI=1S/C27H46O15/c1-9-19(32)21(34)23(36)26(38-9)41-17-7-12-15(39-25(17)10-2-3-13(30)14(31)4-10)5-11(29)6-16(12)40-27-24(37)22(35)20(33)18(8-28)42-27/h9-37H,2-8H2,1H3. The Labute approximate surface area is 243 Å². The first-order valence-corrected chi connectivity index (χ1v) is 14.9. The van der Waals surface area contributed by atoms with E-state index in [1.165, 1.54) is 6.92 Å². The molecule has 19 unspecified atom stereocenters. The van der Waals surface area contributed by atoms with Crippen molar-refractivity contribution >= 4 is 0 Å². The van der Waals surface area contributed by atoms with Crippen LogP contribution < -0.4 is 0 Å². The van der Waals surface area contributed by atoms with Gasteiger partial charge in [-0.3, -0.25) is 0 Å². The first kappa shape index (κ1) is 32.8. The van der Waals surface area contributed by atoms with E-state index in [2.05, 4.69) is 0 Å². The second kappa shape index (κ2) is 13.4. The lowest BCUT2D eigenvalue weighted by Crippen LogP contribution is -2.63. The Bertz CT molecular complexity index is 880. The molecule has 0 amide bonds. The first-order valence-electron chi connectivity index (χ1n) is 14.9. The van der Waals surface area contributed by atoms with Crippen LogP contribution in [0.2, 0.25) is 0 Å². The van der Waals surface area contributed by atoms with Crippen molar-refractivity contribution in [2.75, 3.05) is 6.61 Å². The number of ether oxygens (including phenoxy) is 5. The fourth-order valence-electron chi connectivity index (χ4n) is 7.19. The fraction of sp³-hybridized carbons (Fsp3) is 1.00. The molecule has 15 heteroatoms. The number of rotatable bonds is 6. The third-order valence-corrected chi connectivity index (χ3v) is 9.73. The minimum absolute atomic E-state index is 0.121. The molecule has 2 saturated carbocycles. The molecule has 5 fully saturated rings. The number of hydrogen-bond acceptors (Lipinski definition) is 15. The van der Waals surface area contributed by atoms with Crippen molar-refractivity contribution in [1.82, 2.24) is 0 Å². The van der Waals surface area contributed by atoms with Crippen LogP contribution in [0.25, 0.3) is 0 Å². The van der Waals surface area contributed by atoms with Gasteiger partial charge >= 0.3 is 0 Å².